The van der Waals surface area contributed by atoms with Gasteiger partial charge in [-0.1, -0.05) is 43.7 Å². The predicted molar refractivity (Wildman–Crippen MR) is 117 cm³/mol. The van der Waals surface area contributed by atoms with Crippen molar-refractivity contribution < 1.29 is 0 Å². The zero-order valence-electron chi connectivity index (χ0n) is 16.0. The van der Waals surface area contributed by atoms with Gasteiger partial charge in [-0.3, -0.25) is 5.43 Å². The lowest BCUT2D eigenvalue weighted by atomic mass is 10.1. The second-order valence-corrected chi connectivity index (χ2v) is 6.87. The van der Waals surface area contributed by atoms with Gasteiger partial charge in [0.2, 0.25) is 0 Å². The molecule has 2 N–H and O–H groups in total. The summed E-state index contributed by atoms with van der Waals surface area (Å²) in [6, 6.07) is 14.5. The van der Waals surface area contributed by atoms with E-state index in [2.05, 4.69) is 85.0 Å². The van der Waals surface area contributed by atoms with Crippen LogP contribution in [0.15, 0.2) is 47.6 Å². The standard InChI is InChI=1S/C21H28N4S/c1-5-6-14-25(4)19-12-10-18(11-13-19)15-22-24-21(26)23-20-16(2)8-7-9-17(20)3/h7-13,15H,5-6,14H2,1-4H3,(H2,23,24,26)/b22-15-. The third kappa shape index (κ3) is 5.85. The first-order chi connectivity index (χ1) is 12.5. The highest BCUT2D eigenvalue weighted by molar-refractivity contribution is 7.80. The third-order valence-electron chi connectivity index (χ3n) is 4.28. The Morgan fingerprint density at radius 1 is 1.12 bits per heavy atom. The van der Waals surface area contributed by atoms with E-state index in [1.54, 1.807) is 6.21 Å². The third-order valence-corrected chi connectivity index (χ3v) is 4.47. The first-order valence-corrected chi connectivity index (χ1v) is 9.39. The van der Waals surface area contributed by atoms with E-state index < -0.39 is 0 Å². The van der Waals surface area contributed by atoms with E-state index >= 15 is 0 Å². The Labute approximate surface area is 162 Å². The van der Waals surface area contributed by atoms with Gasteiger partial charge in [0, 0.05) is 25.0 Å². The maximum absolute atomic E-state index is 5.32. The summed E-state index contributed by atoms with van der Waals surface area (Å²) in [5.74, 6) is 0. The number of nitrogens with one attached hydrogen (secondary N) is 2. The van der Waals surface area contributed by atoms with Crippen LogP contribution in [0, 0.1) is 13.8 Å². The maximum atomic E-state index is 5.32. The summed E-state index contributed by atoms with van der Waals surface area (Å²) in [7, 11) is 2.12. The number of benzene rings is 2. The Kier molecular flexibility index (Phi) is 7.60. The molecule has 26 heavy (non-hydrogen) atoms. The van der Waals surface area contributed by atoms with Crippen LogP contribution in [0.3, 0.4) is 0 Å². The van der Waals surface area contributed by atoms with Gasteiger partial charge in [-0.05, 0) is 61.3 Å². The molecule has 0 spiro atoms. The molecule has 138 valence electrons. The lowest BCUT2D eigenvalue weighted by Crippen LogP contribution is -2.24. The van der Waals surface area contributed by atoms with Crippen molar-refractivity contribution in [2.24, 2.45) is 5.10 Å². The summed E-state index contributed by atoms with van der Waals surface area (Å²) in [5, 5.41) is 7.92. The molecule has 0 bridgehead atoms. The fourth-order valence-corrected chi connectivity index (χ4v) is 2.81. The van der Waals surface area contributed by atoms with E-state index in [1.807, 2.05) is 6.07 Å². The summed E-state index contributed by atoms with van der Waals surface area (Å²) in [6.07, 6.45) is 4.18. The van der Waals surface area contributed by atoms with Crippen LogP contribution in [-0.4, -0.2) is 24.9 Å². The van der Waals surface area contributed by atoms with Crippen molar-refractivity contribution in [2.45, 2.75) is 33.6 Å². The van der Waals surface area contributed by atoms with Crippen molar-refractivity contribution in [3.63, 3.8) is 0 Å². The fraction of sp³-hybridized carbons (Fsp3) is 0.333. The second kappa shape index (κ2) is 9.92. The summed E-state index contributed by atoms with van der Waals surface area (Å²) < 4.78 is 0. The Morgan fingerprint density at radius 2 is 1.77 bits per heavy atom. The SMILES string of the molecule is CCCCN(C)c1ccc(/C=N\NC(=S)Nc2c(C)cccc2C)cc1. The highest BCUT2D eigenvalue weighted by Gasteiger charge is 2.03. The minimum Gasteiger partial charge on any atom is -0.375 e. The number of thiocarbonyl (C=S) groups is 1. The smallest absolute Gasteiger partial charge is 0.191 e. The number of unbranched alkanes of at least 4 members (excludes halogenated alkanes) is 1. The van der Waals surface area contributed by atoms with Gasteiger partial charge >= 0.3 is 0 Å². The van der Waals surface area contributed by atoms with E-state index in [4.69, 9.17) is 12.2 Å². The molecule has 0 atom stereocenters. The van der Waals surface area contributed by atoms with Gasteiger partial charge in [0.25, 0.3) is 0 Å². The number of aryl methyl sites for hydroxylation is 2. The molecule has 0 aliphatic heterocycles. The molecule has 0 aliphatic carbocycles. The topological polar surface area (TPSA) is 39.7 Å². The normalized spacial score (nSPS) is 10.8. The minimum absolute atomic E-state index is 0.481. The molecule has 0 aromatic heterocycles. The van der Waals surface area contributed by atoms with Crippen LogP contribution >= 0.6 is 12.2 Å². The Balaban J connectivity index is 1.89. The number of hydrogen-bond donors (Lipinski definition) is 2. The van der Waals surface area contributed by atoms with Crippen molar-refractivity contribution in [1.29, 1.82) is 0 Å². The van der Waals surface area contributed by atoms with Crippen LogP contribution in [-0.2, 0) is 0 Å². The summed E-state index contributed by atoms with van der Waals surface area (Å²) >= 11 is 5.32. The van der Waals surface area contributed by atoms with Crippen molar-refractivity contribution in [3.8, 4) is 0 Å². The van der Waals surface area contributed by atoms with E-state index in [1.165, 1.54) is 18.5 Å². The average molecular weight is 369 g/mol. The number of hydrazone groups is 1. The van der Waals surface area contributed by atoms with Crippen LogP contribution < -0.4 is 15.6 Å². The molecule has 0 fully saturated rings. The number of nitrogens with zero attached hydrogens (tertiary/aromatic N) is 2. The molecule has 0 radical (unpaired) electrons. The summed E-state index contributed by atoms with van der Waals surface area (Å²) in [6.45, 7) is 7.39. The lowest BCUT2D eigenvalue weighted by Gasteiger charge is -2.18. The molecular formula is C21H28N4S. The zero-order valence-corrected chi connectivity index (χ0v) is 16.9. The Morgan fingerprint density at radius 3 is 2.38 bits per heavy atom. The second-order valence-electron chi connectivity index (χ2n) is 6.46. The van der Waals surface area contributed by atoms with Gasteiger partial charge in [0.1, 0.15) is 0 Å². The van der Waals surface area contributed by atoms with E-state index in [0.717, 1.165) is 28.9 Å². The average Bonchev–Trinajstić information content (AvgIpc) is 2.63. The molecule has 4 nitrogen and oxygen atoms in total. The van der Waals surface area contributed by atoms with E-state index in [-0.39, 0.29) is 0 Å². The predicted octanol–water partition coefficient (Wildman–Crippen LogP) is 4.86. The van der Waals surface area contributed by atoms with Gasteiger partial charge in [-0.25, -0.2) is 0 Å². The van der Waals surface area contributed by atoms with Crippen molar-refractivity contribution in [1.82, 2.24) is 5.43 Å². The Bertz CT molecular complexity index is 733. The molecule has 5 heteroatoms. The lowest BCUT2D eigenvalue weighted by molar-refractivity contribution is 0.767. The molecule has 0 amide bonds. The quantitative estimate of drug-likeness (QED) is 0.416. The molecular weight excluding hydrogens is 340 g/mol. The molecule has 0 aliphatic rings. The number of hydrogen-bond acceptors (Lipinski definition) is 3. The van der Waals surface area contributed by atoms with Crippen molar-refractivity contribution in [2.75, 3.05) is 23.8 Å². The van der Waals surface area contributed by atoms with E-state index in [0.29, 0.717) is 5.11 Å². The molecule has 2 aromatic rings. The Hall–Kier alpha value is -2.40. The maximum Gasteiger partial charge on any atom is 0.191 e. The highest BCUT2D eigenvalue weighted by Crippen LogP contribution is 2.19. The fourth-order valence-electron chi connectivity index (χ4n) is 2.66. The minimum atomic E-state index is 0.481. The van der Waals surface area contributed by atoms with Crippen LogP contribution in [0.2, 0.25) is 0 Å². The van der Waals surface area contributed by atoms with Crippen LogP contribution in [0.4, 0.5) is 11.4 Å². The molecule has 2 rings (SSSR count). The molecule has 0 saturated heterocycles. The zero-order chi connectivity index (χ0) is 18.9. The van der Waals surface area contributed by atoms with Gasteiger partial charge in [-0.15, -0.1) is 0 Å². The molecule has 0 unspecified atom stereocenters. The van der Waals surface area contributed by atoms with Crippen LogP contribution in [0.1, 0.15) is 36.5 Å². The molecule has 0 heterocycles. The highest BCUT2D eigenvalue weighted by atomic mass is 32.1. The van der Waals surface area contributed by atoms with Gasteiger partial charge in [0.15, 0.2) is 5.11 Å². The monoisotopic (exact) mass is 368 g/mol. The number of anilines is 2. The first-order valence-electron chi connectivity index (χ1n) is 8.98. The van der Waals surface area contributed by atoms with Gasteiger partial charge in [-0.2, -0.15) is 5.10 Å². The van der Waals surface area contributed by atoms with Crippen molar-refractivity contribution >= 4 is 34.9 Å². The molecule has 2 aromatic carbocycles. The number of para-hydroxylation sites is 1. The van der Waals surface area contributed by atoms with Crippen LogP contribution in [0.25, 0.3) is 0 Å². The van der Waals surface area contributed by atoms with E-state index in [9.17, 15) is 0 Å². The van der Waals surface area contributed by atoms with Crippen LogP contribution in [0.5, 0.6) is 0 Å². The van der Waals surface area contributed by atoms with Gasteiger partial charge < -0.3 is 10.2 Å². The largest absolute Gasteiger partial charge is 0.375 e. The van der Waals surface area contributed by atoms with Crippen molar-refractivity contribution in [3.05, 3.63) is 59.2 Å². The number of rotatable bonds is 7. The molecule has 0 saturated carbocycles. The summed E-state index contributed by atoms with van der Waals surface area (Å²) in [5.41, 5.74) is 8.46. The van der Waals surface area contributed by atoms with Gasteiger partial charge in [0.05, 0.1) is 6.21 Å². The summed E-state index contributed by atoms with van der Waals surface area (Å²) in [4.78, 5) is 2.27. The first kappa shape index (κ1) is 19.9.